The minimum absolute atomic E-state index is 0. The first-order chi connectivity index (χ1) is 11.5. The zero-order chi connectivity index (χ0) is 17.3. The van der Waals surface area contributed by atoms with E-state index in [0.717, 1.165) is 19.4 Å². The Labute approximate surface area is 154 Å². The van der Waals surface area contributed by atoms with Gasteiger partial charge in [-0.2, -0.15) is 0 Å². The van der Waals surface area contributed by atoms with Crippen LogP contribution < -0.4 is 15.4 Å². The van der Waals surface area contributed by atoms with E-state index in [2.05, 4.69) is 0 Å². The van der Waals surface area contributed by atoms with Crippen molar-refractivity contribution in [2.75, 3.05) is 24.5 Å². The van der Waals surface area contributed by atoms with E-state index in [0.29, 0.717) is 23.9 Å². The summed E-state index contributed by atoms with van der Waals surface area (Å²) in [4.78, 5) is 28.6. The van der Waals surface area contributed by atoms with Crippen LogP contribution in [0.25, 0.3) is 0 Å². The van der Waals surface area contributed by atoms with Crippen LogP contribution in [0.1, 0.15) is 26.7 Å². The third kappa shape index (κ3) is 4.07. The molecule has 0 aromatic heterocycles. The van der Waals surface area contributed by atoms with Gasteiger partial charge < -0.3 is 15.4 Å². The fourth-order valence-corrected chi connectivity index (χ4v) is 3.42. The molecule has 0 spiro atoms. The molecule has 6 nitrogen and oxygen atoms in total. The highest BCUT2D eigenvalue weighted by Crippen LogP contribution is 2.33. The third-order valence-electron chi connectivity index (χ3n) is 4.92. The van der Waals surface area contributed by atoms with Crippen molar-refractivity contribution in [3.63, 3.8) is 0 Å². The molecular formula is C18H26ClN3O3. The number of amides is 2. The van der Waals surface area contributed by atoms with Crippen molar-refractivity contribution in [3.8, 4) is 5.75 Å². The van der Waals surface area contributed by atoms with E-state index in [1.54, 1.807) is 11.8 Å². The van der Waals surface area contributed by atoms with Gasteiger partial charge in [0.25, 0.3) is 5.91 Å². The Bertz CT molecular complexity index is 638. The average Bonchev–Trinajstić information content (AvgIpc) is 2.58. The summed E-state index contributed by atoms with van der Waals surface area (Å²) in [7, 11) is 0. The predicted octanol–water partition coefficient (Wildman–Crippen LogP) is 1.81. The number of halogens is 1. The maximum absolute atomic E-state index is 12.7. The van der Waals surface area contributed by atoms with E-state index in [4.69, 9.17) is 10.5 Å². The van der Waals surface area contributed by atoms with Gasteiger partial charge in [0.1, 0.15) is 12.3 Å². The lowest BCUT2D eigenvalue weighted by atomic mass is 9.92. The minimum Gasteiger partial charge on any atom is -0.479 e. The Morgan fingerprint density at radius 3 is 2.84 bits per heavy atom. The van der Waals surface area contributed by atoms with Crippen LogP contribution in [0, 0.1) is 5.92 Å². The van der Waals surface area contributed by atoms with Crippen molar-refractivity contribution in [1.82, 2.24) is 4.90 Å². The molecule has 0 saturated carbocycles. The summed E-state index contributed by atoms with van der Waals surface area (Å²) in [6, 6.07) is 7.41. The number of ether oxygens (including phenoxy) is 1. The highest BCUT2D eigenvalue weighted by Gasteiger charge is 2.34. The number of anilines is 1. The van der Waals surface area contributed by atoms with Crippen LogP contribution in [0.2, 0.25) is 0 Å². The summed E-state index contributed by atoms with van der Waals surface area (Å²) in [6.07, 6.45) is 1.44. The molecule has 0 radical (unpaired) electrons. The minimum atomic E-state index is -0.578. The van der Waals surface area contributed by atoms with Crippen LogP contribution in [-0.4, -0.2) is 48.5 Å². The summed E-state index contributed by atoms with van der Waals surface area (Å²) in [6.45, 7) is 5.16. The van der Waals surface area contributed by atoms with Gasteiger partial charge in [0.15, 0.2) is 6.10 Å². The molecule has 0 aliphatic carbocycles. The summed E-state index contributed by atoms with van der Waals surface area (Å²) < 4.78 is 5.62. The first-order valence-corrected chi connectivity index (χ1v) is 8.58. The summed E-state index contributed by atoms with van der Waals surface area (Å²) >= 11 is 0. The van der Waals surface area contributed by atoms with E-state index >= 15 is 0 Å². The highest BCUT2D eigenvalue weighted by atomic mass is 35.5. The predicted molar refractivity (Wildman–Crippen MR) is 99.1 cm³/mol. The molecule has 3 unspecified atom stereocenters. The number of nitrogens with two attached hydrogens (primary N) is 1. The van der Waals surface area contributed by atoms with Gasteiger partial charge in [-0.25, -0.2) is 0 Å². The topological polar surface area (TPSA) is 75.9 Å². The quantitative estimate of drug-likeness (QED) is 0.884. The molecule has 7 heteroatoms. The number of rotatable bonds is 3. The van der Waals surface area contributed by atoms with E-state index in [1.807, 2.05) is 36.1 Å². The number of nitrogens with zero attached hydrogens (tertiary/aromatic N) is 2. The van der Waals surface area contributed by atoms with E-state index < -0.39 is 6.10 Å². The lowest BCUT2D eigenvalue weighted by Crippen LogP contribution is -2.52. The number of hydrogen-bond acceptors (Lipinski definition) is 4. The Kier molecular flexibility index (Phi) is 6.30. The number of carbonyl (C=O) groups is 2. The Morgan fingerprint density at radius 2 is 2.12 bits per heavy atom. The lowest BCUT2D eigenvalue weighted by molar-refractivity contribution is -0.134. The van der Waals surface area contributed by atoms with Crippen molar-refractivity contribution < 1.29 is 14.3 Å². The smallest absolute Gasteiger partial charge is 0.268 e. The molecule has 1 saturated heterocycles. The Morgan fingerprint density at radius 1 is 1.40 bits per heavy atom. The largest absolute Gasteiger partial charge is 0.479 e. The Hall–Kier alpha value is -1.79. The summed E-state index contributed by atoms with van der Waals surface area (Å²) in [5.41, 5.74) is 6.66. The molecule has 2 amide bonds. The second-order valence-electron chi connectivity index (χ2n) is 6.75. The van der Waals surface area contributed by atoms with Crippen molar-refractivity contribution in [2.45, 2.75) is 38.8 Å². The molecule has 0 bridgehead atoms. The molecule has 2 N–H and O–H groups in total. The number of piperidine rings is 1. The summed E-state index contributed by atoms with van der Waals surface area (Å²) in [5, 5.41) is 0. The van der Waals surface area contributed by atoms with Gasteiger partial charge in [0.05, 0.1) is 5.69 Å². The molecule has 1 fully saturated rings. The Balaban J connectivity index is 0.00000225. The van der Waals surface area contributed by atoms with Crippen molar-refractivity contribution in [1.29, 1.82) is 0 Å². The molecule has 138 valence electrons. The second kappa shape index (κ2) is 8.06. The number of hydrogen-bond donors (Lipinski definition) is 1. The SMILES string of the molecule is CC1Oc2ccccc2N(CC(=O)N2CCCC(C(C)N)C2)C1=O.Cl. The van der Waals surface area contributed by atoms with Crippen LogP contribution in [-0.2, 0) is 9.59 Å². The number of benzene rings is 1. The zero-order valence-electron chi connectivity index (χ0n) is 14.7. The standard InChI is InChI=1S/C18H25N3O3.ClH/c1-12(19)14-6-5-9-20(10-14)17(22)11-21-15-7-3-4-8-16(15)24-13(2)18(21)23;/h3-4,7-8,12-14H,5-6,9-11,19H2,1-2H3;1H. The van der Waals surface area contributed by atoms with Crippen LogP contribution >= 0.6 is 12.4 Å². The first kappa shape index (κ1) is 19.5. The molecular weight excluding hydrogens is 342 g/mol. The van der Waals surface area contributed by atoms with Gasteiger partial charge >= 0.3 is 0 Å². The van der Waals surface area contributed by atoms with E-state index in [9.17, 15) is 9.59 Å². The number of para-hydroxylation sites is 2. The fourth-order valence-electron chi connectivity index (χ4n) is 3.42. The number of likely N-dealkylation sites (tertiary alicyclic amines) is 1. The van der Waals surface area contributed by atoms with Crippen molar-refractivity contribution in [2.24, 2.45) is 11.7 Å². The third-order valence-corrected chi connectivity index (χ3v) is 4.92. The van der Waals surface area contributed by atoms with Gasteiger partial charge in [0.2, 0.25) is 5.91 Å². The van der Waals surface area contributed by atoms with Crippen LogP contribution in [0.3, 0.4) is 0 Å². The van der Waals surface area contributed by atoms with Gasteiger partial charge in [-0.05, 0) is 44.7 Å². The molecule has 2 aliphatic heterocycles. The molecule has 25 heavy (non-hydrogen) atoms. The lowest BCUT2D eigenvalue weighted by Gasteiger charge is -2.37. The van der Waals surface area contributed by atoms with Crippen LogP contribution in [0.4, 0.5) is 5.69 Å². The number of fused-ring (bicyclic) bond motifs is 1. The maximum Gasteiger partial charge on any atom is 0.268 e. The van der Waals surface area contributed by atoms with Gasteiger partial charge in [-0.3, -0.25) is 14.5 Å². The molecule has 2 heterocycles. The average molecular weight is 368 g/mol. The molecule has 2 aliphatic rings. The molecule has 3 atom stereocenters. The molecule has 1 aromatic carbocycles. The van der Waals surface area contributed by atoms with Gasteiger partial charge in [-0.15, -0.1) is 12.4 Å². The number of carbonyl (C=O) groups excluding carboxylic acids is 2. The molecule has 1 aromatic rings. The normalized spacial score (nSPS) is 24.0. The van der Waals surface area contributed by atoms with Gasteiger partial charge in [-0.1, -0.05) is 12.1 Å². The van der Waals surface area contributed by atoms with Crippen molar-refractivity contribution in [3.05, 3.63) is 24.3 Å². The van der Waals surface area contributed by atoms with Crippen LogP contribution in [0.15, 0.2) is 24.3 Å². The monoisotopic (exact) mass is 367 g/mol. The first-order valence-electron chi connectivity index (χ1n) is 8.58. The van der Waals surface area contributed by atoms with E-state index in [1.165, 1.54) is 0 Å². The van der Waals surface area contributed by atoms with Crippen molar-refractivity contribution >= 4 is 29.9 Å². The van der Waals surface area contributed by atoms with E-state index in [-0.39, 0.29) is 36.8 Å². The highest BCUT2D eigenvalue weighted by molar-refractivity contribution is 6.03. The fraction of sp³-hybridized carbons (Fsp3) is 0.556. The zero-order valence-corrected chi connectivity index (χ0v) is 15.5. The maximum atomic E-state index is 12.7. The summed E-state index contributed by atoms with van der Waals surface area (Å²) in [5.74, 6) is 0.763. The van der Waals surface area contributed by atoms with Crippen LogP contribution in [0.5, 0.6) is 5.75 Å². The van der Waals surface area contributed by atoms with Gasteiger partial charge in [0, 0.05) is 19.1 Å². The molecule has 3 rings (SSSR count). The second-order valence-corrected chi connectivity index (χ2v) is 6.75.